The Bertz CT molecular complexity index is 421. The molecule has 1 aliphatic rings. The Hall–Kier alpha value is -1.35. The fourth-order valence-corrected chi connectivity index (χ4v) is 2.84. The number of piperidine rings is 1. The average Bonchev–Trinajstić information content (AvgIpc) is 2.28. The highest BCUT2D eigenvalue weighted by molar-refractivity contribution is 7.87. The molecule has 0 radical (unpaired) electrons. The monoisotopic (exact) mass is 280 g/mol. The van der Waals surface area contributed by atoms with Gasteiger partial charge in [-0.2, -0.15) is 12.7 Å². The van der Waals surface area contributed by atoms with Gasteiger partial charge in [0.05, 0.1) is 12.5 Å². The molecule has 1 atom stereocenters. The summed E-state index contributed by atoms with van der Waals surface area (Å²) in [5.41, 5.74) is 0. The van der Waals surface area contributed by atoms with E-state index in [1.807, 2.05) is 0 Å². The Morgan fingerprint density at radius 2 is 2.17 bits per heavy atom. The van der Waals surface area contributed by atoms with Crippen LogP contribution in [0.25, 0.3) is 0 Å². The van der Waals surface area contributed by atoms with Gasteiger partial charge in [-0.15, -0.1) is 0 Å². The van der Waals surface area contributed by atoms with E-state index >= 15 is 0 Å². The molecule has 0 saturated carbocycles. The van der Waals surface area contributed by atoms with Crippen LogP contribution >= 0.6 is 0 Å². The third-order valence-electron chi connectivity index (χ3n) is 2.56. The zero-order chi connectivity index (χ0) is 13.8. The van der Waals surface area contributed by atoms with Gasteiger partial charge in [-0.25, -0.2) is 9.52 Å². The third kappa shape index (κ3) is 3.84. The van der Waals surface area contributed by atoms with Crippen LogP contribution in [-0.4, -0.2) is 49.6 Å². The molecule has 1 aliphatic heterocycles. The van der Waals surface area contributed by atoms with Crippen LogP contribution in [0.2, 0.25) is 0 Å². The van der Waals surface area contributed by atoms with Crippen molar-refractivity contribution in [2.45, 2.75) is 19.8 Å². The van der Waals surface area contributed by atoms with Crippen LogP contribution in [0, 0.1) is 5.92 Å². The van der Waals surface area contributed by atoms with E-state index in [0.717, 1.165) is 4.31 Å². The minimum Gasteiger partial charge on any atom is -0.481 e. The van der Waals surface area contributed by atoms with Gasteiger partial charge in [0.1, 0.15) is 0 Å². The van der Waals surface area contributed by atoms with Crippen molar-refractivity contribution in [3.63, 3.8) is 0 Å². The van der Waals surface area contributed by atoms with Gasteiger partial charge in [0.25, 0.3) is 0 Å². The molecule has 1 rings (SSSR count). The Morgan fingerprint density at radius 1 is 1.50 bits per heavy atom. The summed E-state index contributed by atoms with van der Waals surface area (Å²) < 4.78 is 30.7. The zero-order valence-electron chi connectivity index (χ0n) is 9.96. The predicted molar refractivity (Wildman–Crippen MR) is 61.0 cm³/mol. The van der Waals surface area contributed by atoms with Crippen molar-refractivity contribution in [2.24, 2.45) is 5.92 Å². The highest BCUT2D eigenvalue weighted by atomic mass is 32.2. The fourth-order valence-electron chi connectivity index (χ4n) is 1.69. The van der Waals surface area contributed by atoms with Crippen LogP contribution < -0.4 is 4.72 Å². The quantitative estimate of drug-likeness (QED) is 0.735. The van der Waals surface area contributed by atoms with Crippen LogP contribution in [0.1, 0.15) is 19.8 Å². The van der Waals surface area contributed by atoms with E-state index in [1.54, 1.807) is 11.6 Å². The summed E-state index contributed by atoms with van der Waals surface area (Å²) in [4.78, 5) is 21.9. The molecule has 1 fully saturated rings. The van der Waals surface area contributed by atoms with Crippen LogP contribution in [-0.2, 0) is 19.7 Å². The summed E-state index contributed by atoms with van der Waals surface area (Å²) >= 11 is 0. The molecule has 0 aromatic carbocycles. The number of aliphatic carboxylic acids is 1. The second kappa shape index (κ2) is 6.01. The molecule has 8 nitrogen and oxygen atoms in total. The van der Waals surface area contributed by atoms with Crippen molar-refractivity contribution >= 4 is 22.3 Å². The first-order chi connectivity index (χ1) is 8.36. The highest BCUT2D eigenvalue weighted by Crippen LogP contribution is 2.18. The molecule has 104 valence electrons. The number of nitrogens with zero attached hydrogens (tertiary/aromatic N) is 1. The summed E-state index contributed by atoms with van der Waals surface area (Å²) in [5, 5.41) is 8.85. The lowest BCUT2D eigenvalue weighted by Crippen LogP contribution is -2.49. The first-order valence-corrected chi connectivity index (χ1v) is 6.98. The molecule has 0 bridgehead atoms. The first kappa shape index (κ1) is 14.7. The van der Waals surface area contributed by atoms with Gasteiger partial charge in [0, 0.05) is 13.1 Å². The van der Waals surface area contributed by atoms with Gasteiger partial charge in [0.15, 0.2) is 0 Å². The molecule has 0 aromatic rings. The third-order valence-corrected chi connectivity index (χ3v) is 4.00. The number of hydrogen-bond acceptors (Lipinski definition) is 5. The molecule has 1 amide bonds. The second-order valence-electron chi connectivity index (χ2n) is 3.86. The zero-order valence-corrected chi connectivity index (χ0v) is 10.8. The van der Waals surface area contributed by atoms with Crippen molar-refractivity contribution in [2.75, 3.05) is 19.7 Å². The van der Waals surface area contributed by atoms with E-state index < -0.39 is 28.2 Å². The van der Waals surface area contributed by atoms with Gasteiger partial charge in [-0.1, -0.05) is 0 Å². The Labute approximate surface area is 105 Å². The Morgan fingerprint density at radius 3 is 2.72 bits per heavy atom. The maximum absolute atomic E-state index is 11.8. The lowest BCUT2D eigenvalue weighted by molar-refractivity contribution is -0.142. The first-order valence-electron chi connectivity index (χ1n) is 5.54. The molecule has 1 saturated heterocycles. The maximum atomic E-state index is 11.8. The smallest absolute Gasteiger partial charge is 0.421 e. The molecule has 0 spiro atoms. The minimum atomic E-state index is -4.03. The SMILES string of the molecule is CCOC(=O)NS(=O)(=O)N1CCC[C@H](C(=O)O)C1. The van der Waals surface area contributed by atoms with Gasteiger partial charge in [0.2, 0.25) is 0 Å². The van der Waals surface area contributed by atoms with Gasteiger partial charge in [-0.3, -0.25) is 4.79 Å². The topological polar surface area (TPSA) is 113 Å². The fraction of sp³-hybridized carbons (Fsp3) is 0.778. The van der Waals surface area contributed by atoms with E-state index in [-0.39, 0.29) is 19.7 Å². The number of carboxylic acids is 1. The summed E-state index contributed by atoms with van der Waals surface area (Å²) in [6.07, 6.45) is -0.184. The number of carboxylic acid groups (broad SMARTS) is 1. The van der Waals surface area contributed by atoms with Crippen LogP contribution in [0.3, 0.4) is 0 Å². The van der Waals surface area contributed by atoms with Crippen molar-refractivity contribution < 1.29 is 27.9 Å². The molecular weight excluding hydrogens is 264 g/mol. The Kier molecular flexibility index (Phi) is 4.91. The molecule has 18 heavy (non-hydrogen) atoms. The van der Waals surface area contributed by atoms with Gasteiger partial charge >= 0.3 is 22.3 Å². The van der Waals surface area contributed by atoms with Crippen molar-refractivity contribution in [1.29, 1.82) is 0 Å². The van der Waals surface area contributed by atoms with E-state index in [0.29, 0.717) is 12.8 Å². The largest absolute Gasteiger partial charge is 0.481 e. The van der Waals surface area contributed by atoms with E-state index in [2.05, 4.69) is 4.74 Å². The number of rotatable bonds is 4. The van der Waals surface area contributed by atoms with E-state index in [1.165, 1.54) is 0 Å². The number of amides is 1. The molecular formula is C9H16N2O6S. The normalized spacial score (nSPS) is 21.3. The van der Waals surface area contributed by atoms with Crippen molar-refractivity contribution in [3.05, 3.63) is 0 Å². The van der Waals surface area contributed by atoms with Crippen molar-refractivity contribution in [1.82, 2.24) is 9.03 Å². The number of ether oxygens (including phenoxy) is 1. The standard InChI is InChI=1S/C9H16N2O6S/c1-2-17-9(14)10-18(15,16)11-5-3-4-7(6-11)8(12)13/h7H,2-6H2,1H3,(H,10,14)(H,12,13)/t7-/m0/s1. The van der Waals surface area contributed by atoms with Gasteiger partial charge < -0.3 is 9.84 Å². The van der Waals surface area contributed by atoms with E-state index in [4.69, 9.17) is 5.11 Å². The lowest BCUT2D eigenvalue weighted by atomic mass is 10.0. The van der Waals surface area contributed by atoms with Crippen molar-refractivity contribution in [3.8, 4) is 0 Å². The van der Waals surface area contributed by atoms with Crippen LogP contribution in [0.4, 0.5) is 4.79 Å². The average molecular weight is 280 g/mol. The number of nitrogens with one attached hydrogen (secondary N) is 1. The molecule has 1 heterocycles. The number of hydrogen-bond donors (Lipinski definition) is 2. The molecule has 9 heteroatoms. The molecule has 2 N–H and O–H groups in total. The van der Waals surface area contributed by atoms with Crippen LogP contribution in [0.15, 0.2) is 0 Å². The summed E-state index contributed by atoms with van der Waals surface area (Å²) in [6.45, 7) is 1.66. The summed E-state index contributed by atoms with van der Waals surface area (Å²) in [6, 6.07) is 0. The molecule has 0 aromatic heterocycles. The maximum Gasteiger partial charge on any atom is 0.421 e. The molecule has 0 unspecified atom stereocenters. The lowest BCUT2D eigenvalue weighted by Gasteiger charge is -2.29. The van der Waals surface area contributed by atoms with Gasteiger partial charge in [-0.05, 0) is 19.8 Å². The van der Waals surface area contributed by atoms with E-state index in [9.17, 15) is 18.0 Å². The molecule has 0 aliphatic carbocycles. The number of carbonyl (C=O) groups is 2. The summed E-state index contributed by atoms with van der Waals surface area (Å²) in [7, 11) is -4.03. The second-order valence-corrected chi connectivity index (χ2v) is 5.53. The summed E-state index contributed by atoms with van der Waals surface area (Å²) in [5.74, 6) is -1.77. The predicted octanol–water partition coefficient (Wildman–Crippen LogP) is -0.226. The highest BCUT2D eigenvalue weighted by Gasteiger charge is 2.33. The number of carbonyl (C=O) groups excluding carboxylic acids is 1. The minimum absolute atomic E-state index is 0.0547. The Balaban J connectivity index is 2.67. The van der Waals surface area contributed by atoms with Crippen LogP contribution in [0.5, 0.6) is 0 Å².